The van der Waals surface area contributed by atoms with Gasteiger partial charge in [0.2, 0.25) is 0 Å². The van der Waals surface area contributed by atoms with Crippen LogP contribution in [0, 0.1) is 17.7 Å². The molecule has 0 fully saturated rings. The third kappa shape index (κ3) is 3.58. The van der Waals surface area contributed by atoms with Crippen LogP contribution in [0.4, 0.5) is 4.39 Å². The summed E-state index contributed by atoms with van der Waals surface area (Å²) in [5, 5.41) is 8.47. The van der Waals surface area contributed by atoms with E-state index >= 15 is 0 Å². The van der Waals surface area contributed by atoms with Gasteiger partial charge in [0, 0.05) is 16.5 Å². The van der Waals surface area contributed by atoms with Gasteiger partial charge in [0.25, 0.3) is 0 Å². The quantitative estimate of drug-likeness (QED) is 0.750. The van der Waals surface area contributed by atoms with Gasteiger partial charge in [0.15, 0.2) is 0 Å². The Hall–Kier alpha value is -0.850. The van der Waals surface area contributed by atoms with Crippen molar-refractivity contribution in [3.05, 3.63) is 34.1 Å². The van der Waals surface area contributed by atoms with Crippen molar-refractivity contribution in [2.75, 3.05) is 6.61 Å². The molecule has 0 aliphatic carbocycles. The molecule has 68 valence electrons. The van der Waals surface area contributed by atoms with Crippen LogP contribution in [0.3, 0.4) is 0 Å². The zero-order valence-electron chi connectivity index (χ0n) is 6.85. The van der Waals surface area contributed by atoms with E-state index in [0.29, 0.717) is 16.5 Å². The maximum atomic E-state index is 12.8. The van der Waals surface area contributed by atoms with Crippen molar-refractivity contribution in [2.45, 2.75) is 6.42 Å². The minimum Gasteiger partial charge on any atom is -0.395 e. The Bertz CT molecular complexity index is 331. The van der Waals surface area contributed by atoms with Gasteiger partial charge < -0.3 is 5.11 Å². The first-order chi connectivity index (χ1) is 6.22. The number of benzene rings is 1. The largest absolute Gasteiger partial charge is 0.395 e. The Morgan fingerprint density at radius 3 is 2.77 bits per heavy atom. The van der Waals surface area contributed by atoms with Crippen LogP contribution in [0.5, 0.6) is 0 Å². The monoisotopic (exact) mass is 242 g/mol. The molecule has 0 aliphatic rings. The van der Waals surface area contributed by atoms with Crippen LogP contribution < -0.4 is 0 Å². The van der Waals surface area contributed by atoms with Crippen molar-refractivity contribution in [2.24, 2.45) is 0 Å². The molecule has 0 saturated carbocycles. The standard InChI is InChI=1S/C10H8BrFO/c11-9-5-8(3-1-2-4-13)6-10(12)7-9/h5-7,13H,2,4H2. The molecular formula is C10H8BrFO. The topological polar surface area (TPSA) is 20.2 Å². The molecule has 0 bridgehead atoms. The van der Waals surface area contributed by atoms with Gasteiger partial charge in [-0.3, -0.25) is 0 Å². The van der Waals surface area contributed by atoms with Gasteiger partial charge in [-0.1, -0.05) is 27.8 Å². The van der Waals surface area contributed by atoms with Gasteiger partial charge in [-0.15, -0.1) is 0 Å². The number of hydrogen-bond acceptors (Lipinski definition) is 1. The van der Waals surface area contributed by atoms with E-state index in [1.807, 2.05) is 0 Å². The molecule has 13 heavy (non-hydrogen) atoms. The summed E-state index contributed by atoms with van der Waals surface area (Å²) in [7, 11) is 0. The van der Waals surface area contributed by atoms with Crippen molar-refractivity contribution in [1.82, 2.24) is 0 Å². The Kier molecular flexibility index (Phi) is 3.94. The van der Waals surface area contributed by atoms with Gasteiger partial charge >= 0.3 is 0 Å². The van der Waals surface area contributed by atoms with E-state index in [1.165, 1.54) is 12.1 Å². The number of aliphatic hydroxyl groups excluding tert-OH is 1. The minimum atomic E-state index is -0.317. The summed E-state index contributed by atoms with van der Waals surface area (Å²) in [5.41, 5.74) is 0.611. The summed E-state index contributed by atoms with van der Waals surface area (Å²) < 4.78 is 13.5. The molecule has 1 nitrogen and oxygen atoms in total. The van der Waals surface area contributed by atoms with E-state index in [4.69, 9.17) is 5.11 Å². The summed E-state index contributed by atoms with van der Waals surface area (Å²) >= 11 is 3.16. The van der Waals surface area contributed by atoms with Gasteiger partial charge in [-0.25, -0.2) is 4.39 Å². The predicted octanol–water partition coefficient (Wildman–Crippen LogP) is 2.32. The highest BCUT2D eigenvalue weighted by molar-refractivity contribution is 9.10. The molecule has 0 radical (unpaired) electrons. The molecule has 0 unspecified atom stereocenters. The summed E-state index contributed by atoms with van der Waals surface area (Å²) in [5.74, 6) is 5.15. The lowest BCUT2D eigenvalue weighted by Gasteiger charge is -1.93. The molecule has 1 N–H and O–H groups in total. The third-order valence-corrected chi connectivity index (χ3v) is 1.79. The summed E-state index contributed by atoms with van der Waals surface area (Å²) in [4.78, 5) is 0. The molecule has 0 spiro atoms. The summed E-state index contributed by atoms with van der Waals surface area (Å²) in [6.45, 7) is 0.0312. The molecule has 1 aromatic carbocycles. The van der Waals surface area contributed by atoms with Crippen molar-refractivity contribution in [3.63, 3.8) is 0 Å². The second kappa shape index (κ2) is 5.00. The first-order valence-electron chi connectivity index (χ1n) is 3.78. The van der Waals surface area contributed by atoms with Crippen molar-refractivity contribution < 1.29 is 9.50 Å². The average molecular weight is 243 g/mol. The molecule has 1 aromatic rings. The van der Waals surface area contributed by atoms with Gasteiger partial charge in [-0.2, -0.15) is 0 Å². The fraction of sp³-hybridized carbons (Fsp3) is 0.200. The number of hydrogen-bond donors (Lipinski definition) is 1. The summed E-state index contributed by atoms with van der Waals surface area (Å²) in [6, 6.07) is 4.46. The highest BCUT2D eigenvalue weighted by atomic mass is 79.9. The zero-order valence-corrected chi connectivity index (χ0v) is 8.44. The summed E-state index contributed by atoms with van der Waals surface area (Å²) in [6.07, 6.45) is 0.411. The Morgan fingerprint density at radius 2 is 2.15 bits per heavy atom. The zero-order chi connectivity index (χ0) is 9.68. The smallest absolute Gasteiger partial charge is 0.125 e. The van der Waals surface area contributed by atoms with Crippen LogP contribution in [-0.4, -0.2) is 11.7 Å². The number of rotatable bonds is 1. The lowest BCUT2D eigenvalue weighted by Crippen LogP contribution is -1.80. The molecule has 1 rings (SSSR count). The number of halogens is 2. The van der Waals surface area contributed by atoms with E-state index in [0.717, 1.165) is 0 Å². The van der Waals surface area contributed by atoms with Crippen LogP contribution in [0.2, 0.25) is 0 Å². The van der Waals surface area contributed by atoms with Crippen molar-refractivity contribution in [1.29, 1.82) is 0 Å². The van der Waals surface area contributed by atoms with Gasteiger partial charge in [0.1, 0.15) is 5.82 Å². The minimum absolute atomic E-state index is 0.0312. The van der Waals surface area contributed by atoms with E-state index in [2.05, 4.69) is 27.8 Å². The molecule has 0 atom stereocenters. The van der Waals surface area contributed by atoms with Crippen LogP contribution >= 0.6 is 15.9 Å². The highest BCUT2D eigenvalue weighted by Crippen LogP contribution is 2.13. The van der Waals surface area contributed by atoms with Crippen LogP contribution in [0.25, 0.3) is 0 Å². The van der Waals surface area contributed by atoms with Gasteiger partial charge in [-0.05, 0) is 18.2 Å². The van der Waals surface area contributed by atoms with E-state index in [9.17, 15) is 4.39 Å². The number of aliphatic hydroxyl groups is 1. The second-order valence-electron chi connectivity index (χ2n) is 2.43. The Morgan fingerprint density at radius 1 is 1.38 bits per heavy atom. The molecule has 3 heteroatoms. The van der Waals surface area contributed by atoms with Crippen LogP contribution in [-0.2, 0) is 0 Å². The lowest BCUT2D eigenvalue weighted by atomic mass is 10.2. The highest BCUT2D eigenvalue weighted by Gasteiger charge is 1.95. The maximum Gasteiger partial charge on any atom is 0.125 e. The fourth-order valence-corrected chi connectivity index (χ4v) is 1.31. The first-order valence-corrected chi connectivity index (χ1v) is 4.57. The van der Waals surface area contributed by atoms with Crippen LogP contribution in [0.15, 0.2) is 22.7 Å². The van der Waals surface area contributed by atoms with E-state index in [-0.39, 0.29) is 12.4 Å². The fourth-order valence-electron chi connectivity index (χ4n) is 0.846. The second-order valence-corrected chi connectivity index (χ2v) is 3.35. The van der Waals surface area contributed by atoms with Gasteiger partial charge in [0.05, 0.1) is 6.61 Å². The molecule has 0 aromatic heterocycles. The molecule has 0 amide bonds. The lowest BCUT2D eigenvalue weighted by molar-refractivity contribution is 0.305. The van der Waals surface area contributed by atoms with Crippen LogP contribution in [0.1, 0.15) is 12.0 Å². The van der Waals surface area contributed by atoms with Crippen molar-refractivity contribution in [3.8, 4) is 11.8 Å². The molecule has 0 saturated heterocycles. The normalized spacial score (nSPS) is 9.15. The maximum absolute atomic E-state index is 12.8. The Balaban J connectivity index is 2.85. The van der Waals surface area contributed by atoms with E-state index in [1.54, 1.807) is 6.07 Å². The molecular weight excluding hydrogens is 235 g/mol. The Labute approximate surface area is 84.7 Å². The van der Waals surface area contributed by atoms with E-state index < -0.39 is 0 Å². The predicted molar refractivity (Wildman–Crippen MR) is 52.7 cm³/mol. The average Bonchev–Trinajstić information content (AvgIpc) is 2.03. The molecule has 0 aliphatic heterocycles. The van der Waals surface area contributed by atoms with Crippen molar-refractivity contribution >= 4 is 15.9 Å². The SMILES string of the molecule is OCCC#Cc1cc(F)cc(Br)c1. The molecule has 0 heterocycles. The third-order valence-electron chi connectivity index (χ3n) is 1.33. The first kappa shape index (κ1) is 10.2.